The van der Waals surface area contributed by atoms with Crippen molar-refractivity contribution >= 4 is 46.5 Å². The highest BCUT2D eigenvalue weighted by Gasteiger charge is 2.20. The van der Waals surface area contributed by atoms with Crippen LogP contribution in [0, 0.1) is 10.1 Å². The Hall–Kier alpha value is -2.84. The molecule has 0 fully saturated rings. The molecule has 0 aliphatic heterocycles. The van der Waals surface area contributed by atoms with Crippen LogP contribution < -0.4 is 10.1 Å². The number of halogens is 2. The van der Waals surface area contributed by atoms with Gasteiger partial charge >= 0.3 is 5.97 Å². The van der Waals surface area contributed by atoms with E-state index >= 15 is 0 Å². The maximum Gasteiger partial charge on any atom is 0.341 e. The normalized spacial score (nSPS) is 10.2. The van der Waals surface area contributed by atoms with E-state index in [1.165, 1.54) is 38.5 Å². The Morgan fingerprint density at radius 3 is 2.38 bits per heavy atom. The first kappa shape index (κ1) is 19.5. The smallest absolute Gasteiger partial charge is 0.341 e. The number of anilines is 1. The number of nitro benzene ring substituents is 1. The number of carbonyl (C=O) groups excluding carboxylic acids is 2. The van der Waals surface area contributed by atoms with Crippen molar-refractivity contribution in [1.29, 1.82) is 0 Å². The number of nitrogens with one attached hydrogen (secondary N) is 1. The fourth-order valence-corrected chi connectivity index (χ4v) is 2.47. The second-order valence-electron chi connectivity index (χ2n) is 4.90. The molecule has 0 heterocycles. The molecule has 2 aromatic rings. The molecule has 0 spiro atoms. The number of amides is 1. The van der Waals surface area contributed by atoms with Gasteiger partial charge in [0, 0.05) is 17.7 Å². The van der Waals surface area contributed by atoms with Crippen LogP contribution in [0.5, 0.6) is 5.75 Å². The van der Waals surface area contributed by atoms with E-state index in [1.807, 2.05) is 0 Å². The number of esters is 1. The van der Waals surface area contributed by atoms with E-state index in [-0.39, 0.29) is 32.6 Å². The van der Waals surface area contributed by atoms with Crippen LogP contribution in [0.15, 0.2) is 30.3 Å². The van der Waals surface area contributed by atoms with Gasteiger partial charge in [0.2, 0.25) is 0 Å². The Labute approximate surface area is 157 Å². The third kappa shape index (κ3) is 4.04. The summed E-state index contributed by atoms with van der Waals surface area (Å²) in [6.07, 6.45) is 0. The molecule has 0 bridgehead atoms. The topological polar surface area (TPSA) is 108 Å². The van der Waals surface area contributed by atoms with Crippen LogP contribution >= 0.6 is 23.2 Å². The van der Waals surface area contributed by atoms with Crippen LogP contribution in [0.3, 0.4) is 0 Å². The van der Waals surface area contributed by atoms with Crippen LogP contribution in [0.1, 0.15) is 20.7 Å². The average molecular weight is 399 g/mol. The molecule has 2 rings (SSSR count). The van der Waals surface area contributed by atoms with E-state index < -0.39 is 22.5 Å². The maximum absolute atomic E-state index is 12.4. The molecule has 26 heavy (non-hydrogen) atoms. The lowest BCUT2D eigenvalue weighted by Crippen LogP contribution is -2.13. The third-order valence-corrected chi connectivity index (χ3v) is 3.98. The van der Waals surface area contributed by atoms with Gasteiger partial charge in [-0.3, -0.25) is 14.9 Å². The molecular formula is C16H12Cl2N2O6. The molecule has 0 saturated heterocycles. The zero-order valence-electron chi connectivity index (χ0n) is 13.5. The molecule has 0 aromatic heterocycles. The first-order valence-electron chi connectivity index (χ1n) is 6.99. The lowest BCUT2D eigenvalue weighted by molar-refractivity contribution is -0.384. The first-order valence-corrected chi connectivity index (χ1v) is 7.75. The largest absolute Gasteiger partial charge is 0.496 e. The summed E-state index contributed by atoms with van der Waals surface area (Å²) in [5, 5.41) is 13.4. The summed E-state index contributed by atoms with van der Waals surface area (Å²) in [6, 6.07) is 6.25. The molecule has 0 radical (unpaired) electrons. The summed E-state index contributed by atoms with van der Waals surface area (Å²) >= 11 is 11.8. The molecule has 0 aliphatic carbocycles. The molecule has 1 N–H and O–H groups in total. The third-order valence-electron chi connectivity index (χ3n) is 3.35. The van der Waals surface area contributed by atoms with Gasteiger partial charge < -0.3 is 14.8 Å². The SMILES string of the molecule is COC(=O)c1cc(Cl)c(NC(=O)c2ccc(Cl)c([N+](=O)[O-])c2)cc1OC. The molecule has 0 aliphatic rings. The standard InChI is InChI=1S/C16H12Cl2N2O6/c1-25-14-7-12(11(18)6-9(14)16(22)26-2)19-15(21)8-3-4-10(17)13(5-8)20(23)24/h3-7H,1-2H3,(H,19,21). The van der Waals surface area contributed by atoms with Gasteiger partial charge in [-0.15, -0.1) is 0 Å². The van der Waals surface area contributed by atoms with E-state index in [4.69, 9.17) is 27.9 Å². The van der Waals surface area contributed by atoms with Crippen LogP contribution in [-0.4, -0.2) is 31.0 Å². The van der Waals surface area contributed by atoms with Crippen molar-refractivity contribution in [2.45, 2.75) is 0 Å². The second kappa shape index (κ2) is 8.03. The molecule has 0 atom stereocenters. The summed E-state index contributed by atoms with van der Waals surface area (Å²) in [7, 11) is 2.54. The Morgan fingerprint density at radius 1 is 1.12 bits per heavy atom. The molecule has 8 nitrogen and oxygen atoms in total. The number of ether oxygens (including phenoxy) is 2. The highest BCUT2D eigenvalue weighted by atomic mass is 35.5. The van der Waals surface area contributed by atoms with Gasteiger partial charge in [-0.1, -0.05) is 23.2 Å². The predicted molar refractivity (Wildman–Crippen MR) is 95.4 cm³/mol. The number of rotatable bonds is 5. The van der Waals surface area contributed by atoms with Crippen LogP contribution in [0.2, 0.25) is 10.0 Å². The molecule has 0 unspecified atom stereocenters. The number of hydrogen-bond donors (Lipinski definition) is 1. The summed E-state index contributed by atoms with van der Waals surface area (Å²) in [5.74, 6) is -1.17. The van der Waals surface area contributed by atoms with Gasteiger partial charge in [-0.25, -0.2) is 4.79 Å². The Kier molecular flexibility index (Phi) is 6.01. The van der Waals surface area contributed by atoms with Gasteiger partial charge in [0.1, 0.15) is 16.3 Å². The van der Waals surface area contributed by atoms with Gasteiger partial charge in [0.25, 0.3) is 11.6 Å². The van der Waals surface area contributed by atoms with E-state index in [9.17, 15) is 19.7 Å². The zero-order valence-corrected chi connectivity index (χ0v) is 15.1. The van der Waals surface area contributed by atoms with Crippen LogP contribution in [-0.2, 0) is 4.74 Å². The molecule has 0 saturated carbocycles. The summed E-state index contributed by atoms with van der Waals surface area (Å²) in [4.78, 5) is 34.3. The Bertz CT molecular complexity index is 901. The van der Waals surface area contributed by atoms with Gasteiger partial charge in [0.05, 0.1) is 29.9 Å². The fraction of sp³-hybridized carbons (Fsp3) is 0.125. The van der Waals surface area contributed by atoms with Gasteiger partial charge in [-0.05, 0) is 18.2 Å². The minimum atomic E-state index is -0.694. The first-order chi connectivity index (χ1) is 12.3. The molecule has 136 valence electrons. The van der Waals surface area contributed by atoms with Crippen molar-refractivity contribution in [3.8, 4) is 5.75 Å². The molecule has 2 aromatic carbocycles. The van der Waals surface area contributed by atoms with Gasteiger partial charge in [0.15, 0.2) is 0 Å². The zero-order chi connectivity index (χ0) is 19.4. The average Bonchev–Trinajstić information content (AvgIpc) is 2.62. The van der Waals surface area contributed by atoms with E-state index in [1.54, 1.807) is 0 Å². The number of nitro groups is 1. The number of hydrogen-bond acceptors (Lipinski definition) is 6. The number of nitrogens with zero attached hydrogens (tertiary/aromatic N) is 1. The van der Waals surface area contributed by atoms with Crippen molar-refractivity contribution in [2.75, 3.05) is 19.5 Å². The fourth-order valence-electron chi connectivity index (χ4n) is 2.08. The predicted octanol–water partition coefficient (Wildman–Crippen LogP) is 3.95. The minimum absolute atomic E-state index is 0.00757. The maximum atomic E-state index is 12.4. The molecule has 10 heteroatoms. The van der Waals surface area contributed by atoms with Crippen LogP contribution in [0.25, 0.3) is 0 Å². The molecular weight excluding hydrogens is 387 g/mol. The Balaban J connectivity index is 2.36. The van der Waals surface area contributed by atoms with E-state index in [0.29, 0.717) is 0 Å². The van der Waals surface area contributed by atoms with Crippen molar-refractivity contribution in [3.63, 3.8) is 0 Å². The highest BCUT2D eigenvalue weighted by molar-refractivity contribution is 6.34. The summed E-state index contributed by atoms with van der Waals surface area (Å²) < 4.78 is 9.73. The van der Waals surface area contributed by atoms with E-state index in [2.05, 4.69) is 10.1 Å². The number of carbonyl (C=O) groups is 2. The highest BCUT2D eigenvalue weighted by Crippen LogP contribution is 2.32. The Morgan fingerprint density at radius 2 is 1.81 bits per heavy atom. The minimum Gasteiger partial charge on any atom is -0.496 e. The van der Waals surface area contributed by atoms with Crippen molar-refractivity contribution < 1.29 is 24.0 Å². The number of methoxy groups -OCH3 is 2. The second-order valence-corrected chi connectivity index (χ2v) is 5.72. The van der Waals surface area contributed by atoms with Crippen molar-refractivity contribution in [1.82, 2.24) is 0 Å². The van der Waals surface area contributed by atoms with E-state index in [0.717, 1.165) is 6.07 Å². The summed E-state index contributed by atoms with van der Waals surface area (Å²) in [5.41, 5.74) is -0.156. The lowest BCUT2D eigenvalue weighted by atomic mass is 10.1. The monoisotopic (exact) mass is 398 g/mol. The summed E-state index contributed by atoms with van der Waals surface area (Å²) in [6.45, 7) is 0. The molecule has 1 amide bonds. The van der Waals surface area contributed by atoms with Crippen molar-refractivity contribution in [2.24, 2.45) is 0 Å². The lowest BCUT2D eigenvalue weighted by Gasteiger charge is -2.12. The number of benzene rings is 2. The quantitative estimate of drug-likeness (QED) is 0.464. The van der Waals surface area contributed by atoms with Gasteiger partial charge in [-0.2, -0.15) is 0 Å². The van der Waals surface area contributed by atoms with Crippen molar-refractivity contribution in [3.05, 3.63) is 61.6 Å². The van der Waals surface area contributed by atoms with Crippen LogP contribution in [0.4, 0.5) is 11.4 Å².